The number of carboxylic acid groups (broad SMARTS) is 1. The van der Waals surface area contributed by atoms with Gasteiger partial charge in [-0.25, -0.2) is 4.79 Å². The van der Waals surface area contributed by atoms with Gasteiger partial charge in [-0.15, -0.1) is 0 Å². The summed E-state index contributed by atoms with van der Waals surface area (Å²) in [5.41, 5.74) is 1.49. The van der Waals surface area contributed by atoms with E-state index in [2.05, 4.69) is 12.2 Å². The van der Waals surface area contributed by atoms with E-state index in [1.165, 1.54) is 12.8 Å². The van der Waals surface area contributed by atoms with Gasteiger partial charge < -0.3 is 10.4 Å². The van der Waals surface area contributed by atoms with Crippen LogP contribution >= 0.6 is 0 Å². The first-order chi connectivity index (χ1) is 7.70. The highest BCUT2D eigenvalue weighted by Crippen LogP contribution is 2.33. The standard InChI is InChI=1S/C13H17NO2/c1-2-10-7-12(10)14-8-9-3-5-11(6-4-9)13(15)16/h3-6,10,12,14H,2,7-8H2,1H3,(H,15,16). The first kappa shape index (κ1) is 11.1. The molecule has 0 heterocycles. The molecule has 1 aliphatic carbocycles. The summed E-state index contributed by atoms with van der Waals surface area (Å²) in [5, 5.41) is 12.2. The summed E-state index contributed by atoms with van der Waals surface area (Å²) in [5.74, 6) is -0.0222. The molecular weight excluding hydrogens is 202 g/mol. The van der Waals surface area contributed by atoms with Gasteiger partial charge in [-0.05, 0) is 30.0 Å². The minimum atomic E-state index is -0.868. The van der Waals surface area contributed by atoms with Crippen molar-refractivity contribution in [2.45, 2.75) is 32.4 Å². The molecule has 1 aliphatic rings. The van der Waals surface area contributed by atoms with Crippen molar-refractivity contribution in [3.8, 4) is 0 Å². The Labute approximate surface area is 95.5 Å². The number of carboxylic acids is 1. The van der Waals surface area contributed by atoms with Crippen molar-refractivity contribution in [1.29, 1.82) is 0 Å². The summed E-state index contributed by atoms with van der Waals surface area (Å²) in [4.78, 5) is 10.7. The second kappa shape index (κ2) is 4.66. The largest absolute Gasteiger partial charge is 0.478 e. The Hall–Kier alpha value is -1.35. The van der Waals surface area contributed by atoms with Crippen molar-refractivity contribution in [2.24, 2.45) is 5.92 Å². The van der Waals surface area contributed by atoms with Crippen LogP contribution < -0.4 is 5.32 Å². The molecule has 3 heteroatoms. The number of carbonyl (C=O) groups is 1. The second-order valence-corrected chi connectivity index (χ2v) is 4.39. The van der Waals surface area contributed by atoms with Crippen LogP contribution in [-0.4, -0.2) is 17.1 Å². The predicted molar refractivity (Wildman–Crippen MR) is 62.4 cm³/mol. The molecule has 0 aromatic heterocycles. The van der Waals surface area contributed by atoms with Crippen LogP contribution in [-0.2, 0) is 6.54 Å². The zero-order valence-electron chi connectivity index (χ0n) is 9.44. The third-order valence-electron chi connectivity index (χ3n) is 3.22. The SMILES string of the molecule is CCC1CC1NCc1ccc(C(=O)O)cc1. The molecule has 0 spiro atoms. The first-order valence-electron chi connectivity index (χ1n) is 5.76. The summed E-state index contributed by atoms with van der Waals surface area (Å²) in [6.07, 6.45) is 2.53. The maximum Gasteiger partial charge on any atom is 0.335 e. The van der Waals surface area contributed by atoms with E-state index < -0.39 is 5.97 Å². The fourth-order valence-electron chi connectivity index (χ4n) is 1.96. The minimum absolute atomic E-state index is 0.349. The van der Waals surface area contributed by atoms with E-state index in [9.17, 15) is 4.79 Å². The molecule has 1 saturated carbocycles. The number of rotatable bonds is 5. The van der Waals surface area contributed by atoms with Gasteiger partial charge in [0, 0.05) is 12.6 Å². The molecule has 0 saturated heterocycles. The Morgan fingerprint density at radius 1 is 1.44 bits per heavy atom. The maximum atomic E-state index is 10.7. The van der Waals surface area contributed by atoms with Gasteiger partial charge in [0.1, 0.15) is 0 Å². The predicted octanol–water partition coefficient (Wildman–Crippen LogP) is 2.27. The van der Waals surface area contributed by atoms with E-state index in [0.717, 1.165) is 18.0 Å². The van der Waals surface area contributed by atoms with Crippen molar-refractivity contribution in [3.05, 3.63) is 35.4 Å². The molecule has 0 amide bonds. The molecule has 2 rings (SSSR count). The van der Waals surface area contributed by atoms with Crippen LogP contribution in [0.2, 0.25) is 0 Å². The van der Waals surface area contributed by atoms with E-state index in [1.54, 1.807) is 12.1 Å². The van der Waals surface area contributed by atoms with Gasteiger partial charge in [-0.2, -0.15) is 0 Å². The van der Waals surface area contributed by atoms with Gasteiger partial charge in [0.05, 0.1) is 5.56 Å². The quantitative estimate of drug-likeness (QED) is 0.798. The van der Waals surface area contributed by atoms with Crippen LogP contribution in [0.3, 0.4) is 0 Å². The van der Waals surface area contributed by atoms with E-state index in [-0.39, 0.29) is 0 Å². The van der Waals surface area contributed by atoms with Crippen LogP contribution in [0.4, 0.5) is 0 Å². The Morgan fingerprint density at radius 3 is 2.62 bits per heavy atom. The molecule has 0 radical (unpaired) electrons. The molecule has 0 aliphatic heterocycles. The highest BCUT2D eigenvalue weighted by molar-refractivity contribution is 5.87. The van der Waals surface area contributed by atoms with E-state index in [1.807, 2.05) is 12.1 Å². The number of hydrogen-bond acceptors (Lipinski definition) is 2. The van der Waals surface area contributed by atoms with Crippen LogP contribution in [0.5, 0.6) is 0 Å². The lowest BCUT2D eigenvalue weighted by molar-refractivity contribution is 0.0697. The minimum Gasteiger partial charge on any atom is -0.478 e. The van der Waals surface area contributed by atoms with Crippen LogP contribution in [0.1, 0.15) is 35.7 Å². The van der Waals surface area contributed by atoms with Crippen molar-refractivity contribution in [2.75, 3.05) is 0 Å². The molecular formula is C13H17NO2. The van der Waals surface area contributed by atoms with E-state index in [0.29, 0.717) is 11.6 Å². The Bertz CT molecular complexity index is 372. The van der Waals surface area contributed by atoms with Gasteiger partial charge >= 0.3 is 5.97 Å². The van der Waals surface area contributed by atoms with Crippen molar-refractivity contribution < 1.29 is 9.90 Å². The Kier molecular flexibility index (Phi) is 3.25. The molecule has 2 atom stereocenters. The molecule has 0 bridgehead atoms. The molecule has 1 aromatic carbocycles. The van der Waals surface area contributed by atoms with Crippen molar-refractivity contribution in [3.63, 3.8) is 0 Å². The monoisotopic (exact) mass is 219 g/mol. The van der Waals surface area contributed by atoms with E-state index >= 15 is 0 Å². The maximum absolute atomic E-state index is 10.7. The van der Waals surface area contributed by atoms with Crippen molar-refractivity contribution >= 4 is 5.97 Å². The summed E-state index contributed by atoms with van der Waals surface area (Å²) in [6, 6.07) is 7.73. The lowest BCUT2D eigenvalue weighted by Gasteiger charge is -2.04. The lowest BCUT2D eigenvalue weighted by Crippen LogP contribution is -2.17. The summed E-state index contributed by atoms with van der Waals surface area (Å²) >= 11 is 0. The smallest absolute Gasteiger partial charge is 0.335 e. The molecule has 16 heavy (non-hydrogen) atoms. The molecule has 2 unspecified atom stereocenters. The van der Waals surface area contributed by atoms with Crippen LogP contribution in [0.15, 0.2) is 24.3 Å². The third kappa shape index (κ3) is 2.61. The van der Waals surface area contributed by atoms with Gasteiger partial charge in [-0.3, -0.25) is 0 Å². The number of nitrogens with one attached hydrogen (secondary N) is 1. The van der Waals surface area contributed by atoms with Gasteiger partial charge in [0.15, 0.2) is 0 Å². The van der Waals surface area contributed by atoms with Crippen LogP contribution in [0, 0.1) is 5.92 Å². The number of aromatic carboxylic acids is 1. The fourth-order valence-corrected chi connectivity index (χ4v) is 1.96. The number of benzene rings is 1. The zero-order valence-corrected chi connectivity index (χ0v) is 9.44. The van der Waals surface area contributed by atoms with Gasteiger partial charge in [-0.1, -0.05) is 25.5 Å². The Balaban J connectivity index is 1.84. The average Bonchev–Trinajstić information content (AvgIpc) is 3.05. The molecule has 86 valence electrons. The molecule has 3 nitrogen and oxygen atoms in total. The van der Waals surface area contributed by atoms with Gasteiger partial charge in [0.25, 0.3) is 0 Å². The molecule has 2 N–H and O–H groups in total. The second-order valence-electron chi connectivity index (χ2n) is 4.39. The Morgan fingerprint density at radius 2 is 2.12 bits per heavy atom. The summed E-state index contributed by atoms with van der Waals surface area (Å²) in [6.45, 7) is 3.05. The topological polar surface area (TPSA) is 49.3 Å². The van der Waals surface area contributed by atoms with Crippen LogP contribution in [0.25, 0.3) is 0 Å². The normalized spacial score (nSPS) is 23.1. The lowest BCUT2D eigenvalue weighted by atomic mass is 10.1. The molecule has 1 aromatic rings. The number of hydrogen-bond donors (Lipinski definition) is 2. The highest BCUT2D eigenvalue weighted by atomic mass is 16.4. The van der Waals surface area contributed by atoms with Crippen molar-refractivity contribution in [1.82, 2.24) is 5.32 Å². The summed E-state index contributed by atoms with van der Waals surface area (Å²) in [7, 11) is 0. The average molecular weight is 219 g/mol. The van der Waals surface area contributed by atoms with E-state index in [4.69, 9.17) is 5.11 Å². The third-order valence-corrected chi connectivity index (χ3v) is 3.22. The fraction of sp³-hybridized carbons (Fsp3) is 0.462. The van der Waals surface area contributed by atoms with Gasteiger partial charge in [0.2, 0.25) is 0 Å². The highest BCUT2D eigenvalue weighted by Gasteiger charge is 2.34. The summed E-state index contributed by atoms with van der Waals surface area (Å²) < 4.78 is 0. The molecule has 1 fully saturated rings. The zero-order chi connectivity index (χ0) is 11.5. The first-order valence-corrected chi connectivity index (χ1v) is 5.76.